The first-order valence-electron chi connectivity index (χ1n) is 9.19. The van der Waals surface area contributed by atoms with Crippen molar-refractivity contribution in [3.63, 3.8) is 0 Å². The van der Waals surface area contributed by atoms with Crippen molar-refractivity contribution in [3.8, 4) is 5.75 Å². The maximum Gasteiger partial charge on any atom is 0.309 e. The highest BCUT2D eigenvalue weighted by Gasteiger charge is 2.21. The first-order chi connectivity index (χ1) is 13.1. The van der Waals surface area contributed by atoms with Gasteiger partial charge in [-0.05, 0) is 50.3 Å². The van der Waals surface area contributed by atoms with Gasteiger partial charge in [-0.25, -0.2) is 0 Å². The van der Waals surface area contributed by atoms with Crippen molar-refractivity contribution in [2.24, 2.45) is 4.99 Å². The van der Waals surface area contributed by atoms with E-state index in [0.29, 0.717) is 6.61 Å². The molecule has 0 aromatic heterocycles. The smallest absolute Gasteiger partial charge is 0.309 e. The maximum atomic E-state index is 11.6. The lowest BCUT2D eigenvalue weighted by molar-refractivity contribution is -0.139. The maximum absolute atomic E-state index is 11.6. The molecule has 0 radical (unpaired) electrons. The van der Waals surface area contributed by atoms with Crippen molar-refractivity contribution in [3.05, 3.63) is 64.7 Å². The third kappa shape index (κ3) is 4.74. The van der Waals surface area contributed by atoms with E-state index in [1.807, 2.05) is 30.3 Å². The van der Waals surface area contributed by atoms with Gasteiger partial charge in [-0.2, -0.15) is 0 Å². The van der Waals surface area contributed by atoms with Gasteiger partial charge in [-0.3, -0.25) is 9.79 Å². The van der Waals surface area contributed by atoms with Crippen LogP contribution in [0.1, 0.15) is 28.7 Å². The molecule has 1 aliphatic rings. The normalized spacial score (nSPS) is 14.3. The van der Waals surface area contributed by atoms with Gasteiger partial charge >= 0.3 is 5.97 Å². The Morgan fingerprint density at radius 1 is 1.19 bits per heavy atom. The summed E-state index contributed by atoms with van der Waals surface area (Å²) in [7, 11) is 5.54. The lowest BCUT2D eigenvalue weighted by Gasteiger charge is -2.12. The van der Waals surface area contributed by atoms with Crippen LogP contribution in [0, 0.1) is 0 Å². The Bertz CT molecular complexity index is 843. The molecule has 0 fully saturated rings. The molecular formula is C22H26N2O3. The topological polar surface area (TPSA) is 51.1 Å². The van der Waals surface area contributed by atoms with E-state index in [1.165, 1.54) is 7.11 Å². The van der Waals surface area contributed by atoms with Crippen LogP contribution in [0.4, 0.5) is 0 Å². The van der Waals surface area contributed by atoms with Gasteiger partial charge in [-0.15, -0.1) is 0 Å². The fourth-order valence-corrected chi connectivity index (χ4v) is 3.16. The molecule has 1 aliphatic heterocycles. The molecule has 0 atom stereocenters. The van der Waals surface area contributed by atoms with Gasteiger partial charge in [0.2, 0.25) is 0 Å². The highest BCUT2D eigenvalue weighted by Crippen LogP contribution is 2.30. The lowest BCUT2D eigenvalue weighted by atomic mass is 9.97. The monoisotopic (exact) mass is 366 g/mol. The summed E-state index contributed by atoms with van der Waals surface area (Å²) in [5.41, 5.74) is 5.04. The molecule has 0 saturated carbocycles. The zero-order valence-corrected chi connectivity index (χ0v) is 16.2. The Morgan fingerprint density at radius 3 is 2.78 bits per heavy atom. The quantitative estimate of drug-likeness (QED) is 0.582. The number of carbonyl (C=O) groups is 1. The summed E-state index contributed by atoms with van der Waals surface area (Å²) in [5.74, 6) is 0.503. The van der Waals surface area contributed by atoms with Gasteiger partial charge in [0.15, 0.2) is 0 Å². The van der Waals surface area contributed by atoms with Gasteiger partial charge in [-0.1, -0.05) is 30.3 Å². The lowest BCUT2D eigenvalue weighted by Crippen LogP contribution is -2.14. The molecule has 2 aromatic carbocycles. The largest absolute Gasteiger partial charge is 0.488 e. The van der Waals surface area contributed by atoms with E-state index in [0.717, 1.165) is 53.2 Å². The number of rotatable bonds is 6. The van der Waals surface area contributed by atoms with Crippen LogP contribution >= 0.6 is 0 Å². The number of hydrogen-bond donors (Lipinski definition) is 0. The summed E-state index contributed by atoms with van der Waals surface area (Å²) in [5, 5.41) is 0. The zero-order chi connectivity index (χ0) is 19.2. The van der Waals surface area contributed by atoms with Crippen molar-refractivity contribution in [2.75, 3.05) is 34.3 Å². The summed E-state index contributed by atoms with van der Waals surface area (Å²) >= 11 is 0. The van der Waals surface area contributed by atoms with Crippen molar-refractivity contribution < 1.29 is 14.3 Å². The molecule has 0 saturated heterocycles. The van der Waals surface area contributed by atoms with Crippen LogP contribution in [0.15, 0.2) is 47.5 Å². The number of nitrogens with zero attached hydrogens (tertiary/aromatic N) is 2. The Morgan fingerprint density at radius 2 is 2.00 bits per heavy atom. The standard InChI is InChI=1S/C22H26N2O3/c1-24(2)12-6-11-23-22-18-8-5-4-7-17(18)15-27-20-13-16(9-10-19(20)22)14-21(25)26-3/h4-5,7-10,13H,6,11-12,14-15H2,1-3H3/b23-22+. The van der Waals surface area contributed by atoms with Crippen LogP contribution in [-0.2, 0) is 22.6 Å². The minimum absolute atomic E-state index is 0.232. The molecular weight excluding hydrogens is 340 g/mol. The number of hydrogen-bond acceptors (Lipinski definition) is 5. The van der Waals surface area contributed by atoms with Crippen LogP contribution in [-0.4, -0.2) is 50.9 Å². The van der Waals surface area contributed by atoms with Gasteiger partial charge < -0.3 is 14.4 Å². The van der Waals surface area contributed by atoms with Gasteiger partial charge in [0, 0.05) is 17.7 Å². The van der Waals surface area contributed by atoms with Gasteiger partial charge in [0.05, 0.1) is 19.2 Å². The minimum Gasteiger partial charge on any atom is -0.488 e. The van der Waals surface area contributed by atoms with E-state index in [-0.39, 0.29) is 12.4 Å². The Balaban J connectivity index is 1.95. The minimum atomic E-state index is -0.260. The molecule has 0 N–H and O–H groups in total. The van der Waals surface area contributed by atoms with E-state index >= 15 is 0 Å². The number of esters is 1. The number of carbonyl (C=O) groups excluding carboxylic acids is 1. The summed E-state index contributed by atoms with van der Waals surface area (Å²) in [6.07, 6.45) is 1.23. The molecule has 0 aliphatic carbocycles. The van der Waals surface area contributed by atoms with Crippen LogP contribution in [0.2, 0.25) is 0 Å². The fourth-order valence-electron chi connectivity index (χ4n) is 3.16. The van der Waals surface area contributed by atoms with E-state index in [4.69, 9.17) is 14.5 Å². The highest BCUT2D eigenvalue weighted by atomic mass is 16.5. The summed E-state index contributed by atoms with van der Waals surface area (Å²) < 4.78 is 10.8. The SMILES string of the molecule is COC(=O)Cc1ccc2c(c1)OCc1ccccc1/C2=N\CCCN(C)C. The van der Waals surface area contributed by atoms with Crippen LogP contribution in [0.3, 0.4) is 0 Å². The fraction of sp³-hybridized carbons (Fsp3) is 0.364. The number of methoxy groups -OCH3 is 1. The first kappa shape index (κ1) is 19.1. The van der Waals surface area contributed by atoms with E-state index in [9.17, 15) is 4.79 Å². The van der Waals surface area contributed by atoms with Crippen LogP contribution in [0.25, 0.3) is 0 Å². The number of aliphatic imine (C=N–C) groups is 1. The third-order valence-corrected chi connectivity index (χ3v) is 4.57. The molecule has 5 heteroatoms. The molecule has 5 nitrogen and oxygen atoms in total. The molecule has 0 spiro atoms. The van der Waals surface area contributed by atoms with Gasteiger partial charge in [0.1, 0.15) is 12.4 Å². The van der Waals surface area contributed by atoms with Crippen molar-refractivity contribution in [1.82, 2.24) is 4.90 Å². The first-order valence-corrected chi connectivity index (χ1v) is 9.19. The van der Waals surface area contributed by atoms with Gasteiger partial charge in [0.25, 0.3) is 0 Å². The molecule has 0 unspecified atom stereocenters. The molecule has 2 aromatic rings. The van der Waals surface area contributed by atoms with Crippen molar-refractivity contribution in [1.29, 1.82) is 0 Å². The average molecular weight is 366 g/mol. The van der Waals surface area contributed by atoms with Crippen LogP contribution < -0.4 is 4.74 Å². The zero-order valence-electron chi connectivity index (χ0n) is 16.2. The summed E-state index contributed by atoms with van der Waals surface area (Å²) in [4.78, 5) is 18.7. The predicted molar refractivity (Wildman–Crippen MR) is 107 cm³/mol. The molecule has 27 heavy (non-hydrogen) atoms. The Labute approximate surface area is 160 Å². The molecule has 1 heterocycles. The number of benzene rings is 2. The highest BCUT2D eigenvalue weighted by molar-refractivity contribution is 6.15. The third-order valence-electron chi connectivity index (χ3n) is 4.57. The number of fused-ring (bicyclic) bond motifs is 2. The van der Waals surface area contributed by atoms with Crippen molar-refractivity contribution >= 4 is 11.7 Å². The summed E-state index contributed by atoms with van der Waals surface area (Å²) in [6.45, 7) is 2.24. The van der Waals surface area contributed by atoms with E-state index < -0.39 is 0 Å². The van der Waals surface area contributed by atoms with Crippen LogP contribution in [0.5, 0.6) is 5.75 Å². The summed E-state index contributed by atoms with van der Waals surface area (Å²) in [6, 6.07) is 14.1. The second-order valence-corrected chi connectivity index (χ2v) is 6.92. The second kappa shape index (κ2) is 8.82. The molecule has 3 rings (SSSR count). The Hall–Kier alpha value is -2.66. The van der Waals surface area contributed by atoms with E-state index in [1.54, 1.807) is 0 Å². The van der Waals surface area contributed by atoms with E-state index in [2.05, 4.69) is 31.1 Å². The second-order valence-electron chi connectivity index (χ2n) is 6.92. The average Bonchev–Trinajstić information content (AvgIpc) is 2.82. The molecule has 0 bridgehead atoms. The molecule has 142 valence electrons. The van der Waals surface area contributed by atoms with Crippen molar-refractivity contribution in [2.45, 2.75) is 19.4 Å². The predicted octanol–water partition coefficient (Wildman–Crippen LogP) is 3.08. The Kier molecular flexibility index (Phi) is 6.24. The number of ether oxygens (including phenoxy) is 2. The molecule has 0 amide bonds.